The first-order valence-corrected chi connectivity index (χ1v) is 22.4. The maximum Gasteiger partial charge on any atom is 0.414 e. The molecule has 0 saturated carbocycles. The molecule has 0 bridgehead atoms. The Hall–Kier alpha value is -4.04. The number of anilines is 1. The fourth-order valence-electron chi connectivity index (χ4n) is 8.11. The van der Waals surface area contributed by atoms with Crippen LogP contribution in [-0.2, 0) is 35.8 Å². The molecule has 1 aliphatic carbocycles. The molecule has 0 spiro atoms. The molecule has 2 aromatic rings. The van der Waals surface area contributed by atoms with Crippen molar-refractivity contribution in [2.24, 2.45) is 0 Å². The summed E-state index contributed by atoms with van der Waals surface area (Å²) in [7, 11) is -6.87. The molecule has 2 aliphatic heterocycles. The minimum Gasteiger partial charge on any atom is -0.748 e. The highest BCUT2D eigenvalue weighted by molar-refractivity contribution is 7.85. The molecule has 11 nitrogen and oxygen atoms in total. The van der Waals surface area contributed by atoms with Gasteiger partial charge in [0.25, 0.3) is 0 Å². The van der Waals surface area contributed by atoms with Gasteiger partial charge in [0, 0.05) is 66.0 Å². The lowest BCUT2D eigenvalue weighted by atomic mass is 9.81. The molecular weight excluding hydrogens is 751 g/mol. The van der Waals surface area contributed by atoms with Crippen molar-refractivity contribution in [3.8, 4) is 0 Å². The SMILES string of the molecule is CN(C(=O)OC(C)(C)C)C1=C(/C=C/C2=[N+](CCCCS(=O)(=O)[O-])c3ccccc3C2(C)C)CC/C1=C\C=C1\N(CCCCS(=O)(=O)[O-])c2ccccc2C1(C)C. The molecule has 3 aliphatic rings. The molecule has 0 atom stereocenters. The highest BCUT2D eigenvalue weighted by Gasteiger charge is 2.44. The average molecular weight is 807 g/mol. The highest BCUT2D eigenvalue weighted by Crippen LogP contribution is 2.48. The number of para-hydroxylation sites is 2. The van der Waals surface area contributed by atoms with Crippen LogP contribution in [0, 0.1) is 0 Å². The van der Waals surface area contributed by atoms with Crippen LogP contribution in [0.2, 0.25) is 0 Å². The number of likely N-dealkylation sites (N-methyl/N-ethyl adjacent to an activating group) is 1. The van der Waals surface area contributed by atoms with Gasteiger partial charge in [-0.2, -0.15) is 4.58 Å². The molecule has 13 heteroatoms. The predicted octanol–water partition coefficient (Wildman–Crippen LogP) is 7.79. The second-order valence-corrected chi connectivity index (χ2v) is 19.9. The number of carbonyl (C=O) groups excluding carboxylic acids is 1. The number of ether oxygens (including phenoxy) is 1. The predicted molar refractivity (Wildman–Crippen MR) is 219 cm³/mol. The quantitative estimate of drug-likeness (QED) is 0.106. The molecular formula is C43H56N3O8S2-. The lowest BCUT2D eigenvalue weighted by molar-refractivity contribution is -0.438. The van der Waals surface area contributed by atoms with Gasteiger partial charge in [0.1, 0.15) is 12.1 Å². The summed E-state index contributed by atoms with van der Waals surface area (Å²) in [5, 5.41) is 0. The van der Waals surface area contributed by atoms with E-state index >= 15 is 0 Å². The van der Waals surface area contributed by atoms with Crippen molar-refractivity contribution >= 4 is 43.4 Å². The monoisotopic (exact) mass is 806 g/mol. The van der Waals surface area contributed by atoms with Gasteiger partial charge in [-0.25, -0.2) is 21.6 Å². The van der Waals surface area contributed by atoms with Gasteiger partial charge in [-0.05, 0) is 95.6 Å². The number of benzene rings is 2. The van der Waals surface area contributed by atoms with Crippen LogP contribution in [0.4, 0.5) is 16.2 Å². The van der Waals surface area contributed by atoms with E-state index in [2.05, 4.69) is 85.7 Å². The second-order valence-electron chi connectivity index (χ2n) is 16.9. The fourth-order valence-corrected chi connectivity index (χ4v) is 9.23. The van der Waals surface area contributed by atoms with E-state index in [0.29, 0.717) is 38.8 Å². The van der Waals surface area contributed by atoms with E-state index in [1.165, 1.54) is 0 Å². The summed E-state index contributed by atoms with van der Waals surface area (Å²) < 4.78 is 76.0. The summed E-state index contributed by atoms with van der Waals surface area (Å²) in [5.74, 6) is -0.801. The fraction of sp³-hybridized carbons (Fsp3) is 0.488. The minimum atomic E-state index is -4.30. The van der Waals surface area contributed by atoms with Gasteiger partial charge in [-0.3, -0.25) is 4.90 Å². The normalized spacial score (nSPS) is 19.4. The Labute approximate surface area is 333 Å². The third kappa shape index (κ3) is 9.90. The molecule has 5 rings (SSSR count). The maximum atomic E-state index is 13.7. The lowest BCUT2D eigenvalue weighted by Gasteiger charge is -2.28. The number of hydrogen-bond donors (Lipinski definition) is 0. The van der Waals surface area contributed by atoms with Crippen molar-refractivity contribution < 1.29 is 40.0 Å². The van der Waals surface area contributed by atoms with Gasteiger partial charge in [-0.15, -0.1) is 0 Å². The van der Waals surface area contributed by atoms with E-state index in [1.54, 1.807) is 11.9 Å². The van der Waals surface area contributed by atoms with Crippen molar-refractivity contribution in [2.75, 3.05) is 36.5 Å². The number of amides is 1. The van der Waals surface area contributed by atoms with Gasteiger partial charge in [0.15, 0.2) is 5.71 Å². The third-order valence-electron chi connectivity index (χ3n) is 10.8. The van der Waals surface area contributed by atoms with Crippen LogP contribution in [0.25, 0.3) is 0 Å². The number of fused-ring (bicyclic) bond motifs is 2. The molecule has 0 fully saturated rings. The van der Waals surface area contributed by atoms with E-state index in [-0.39, 0.29) is 23.7 Å². The van der Waals surface area contributed by atoms with Crippen molar-refractivity contribution in [1.29, 1.82) is 0 Å². The minimum absolute atomic E-state index is 0.267. The molecule has 56 heavy (non-hydrogen) atoms. The Morgan fingerprint density at radius 1 is 0.839 bits per heavy atom. The summed E-state index contributed by atoms with van der Waals surface area (Å²) in [6.45, 7) is 15.2. The van der Waals surface area contributed by atoms with Crippen molar-refractivity contribution in [3.63, 3.8) is 0 Å². The Balaban J connectivity index is 1.56. The summed E-state index contributed by atoms with van der Waals surface area (Å²) in [5.41, 5.74) is 7.66. The number of hydrogen-bond acceptors (Lipinski definition) is 9. The first-order chi connectivity index (χ1) is 26.0. The smallest absolute Gasteiger partial charge is 0.414 e. The molecule has 0 N–H and O–H groups in total. The van der Waals surface area contributed by atoms with Crippen LogP contribution in [-0.4, -0.2) is 84.5 Å². The van der Waals surface area contributed by atoms with Crippen LogP contribution < -0.4 is 4.90 Å². The number of carbonyl (C=O) groups is 1. The van der Waals surface area contributed by atoms with Crippen LogP contribution in [0.1, 0.15) is 98.1 Å². The van der Waals surface area contributed by atoms with Gasteiger partial charge < -0.3 is 18.7 Å². The standard InChI is InChI=1S/C43H57N3O8S2/c1-41(2,3)54-40(47)44(8)39-31(23-25-37-42(4,5)33-17-9-11-19-35(33)45(37)27-13-15-29-55(48,49)50)21-22-32(39)24-26-38-43(6,7)34-18-10-12-20-36(34)46(38)28-14-16-30-56(51,52)53/h9-12,17-20,23-26H,13-16,21-22,27-30H2,1-8H3,(H-,48,49,50,51,52,53)/p-1. The van der Waals surface area contributed by atoms with Crippen LogP contribution in [0.5, 0.6) is 0 Å². The Kier molecular flexibility index (Phi) is 12.6. The Bertz CT molecular complexity index is 2220. The van der Waals surface area contributed by atoms with E-state index in [4.69, 9.17) is 4.74 Å². The Morgan fingerprint density at radius 3 is 2.09 bits per heavy atom. The topological polar surface area (TPSA) is 150 Å². The summed E-state index contributed by atoms with van der Waals surface area (Å²) in [6, 6.07) is 16.3. The number of allylic oxidation sites excluding steroid dienone is 7. The van der Waals surface area contributed by atoms with Gasteiger partial charge in [-0.1, -0.05) is 62.4 Å². The van der Waals surface area contributed by atoms with Gasteiger partial charge in [0.2, 0.25) is 5.69 Å². The second kappa shape index (κ2) is 16.4. The molecule has 2 aromatic carbocycles. The maximum absolute atomic E-state index is 13.7. The van der Waals surface area contributed by atoms with Crippen LogP contribution in [0.3, 0.4) is 0 Å². The summed E-state index contributed by atoms with van der Waals surface area (Å²) in [6.07, 6.45) is 10.8. The highest BCUT2D eigenvalue weighted by atomic mass is 32.2. The van der Waals surface area contributed by atoms with Crippen molar-refractivity contribution in [2.45, 2.75) is 103 Å². The van der Waals surface area contributed by atoms with Crippen LogP contribution in [0.15, 0.2) is 95.4 Å². The number of rotatable bonds is 14. The van der Waals surface area contributed by atoms with Crippen molar-refractivity contribution in [3.05, 3.63) is 107 Å². The molecule has 0 saturated heterocycles. The first-order valence-electron chi connectivity index (χ1n) is 19.3. The zero-order valence-corrected chi connectivity index (χ0v) is 35.6. The number of unbranched alkanes of at least 4 members (excludes halogenated alkanes) is 2. The molecule has 2 heterocycles. The molecule has 0 unspecified atom stereocenters. The molecule has 0 radical (unpaired) electrons. The van der Waals surface area contributed by atoms with E-state index < -0.39 is 43.4 Å². The summed E-state index contributed by atoms with van der Waals surface area (Å²) in [4.78, 5) is 17.4. The molecule has 1 amide bonds. The molecule has 304 valence electrons. The lowest BCUT2D eigenvalue weighted by Crippen LogP contribution is -2.34. The zero-order valence-electron chi connectivity index (χ0n) is 33.9. The zero-order chi connectivity index (χ0) is 41.3. The third-order valence-corrected chi connectivity index (χ3v) is 12.4. The molecule has 0 aromatic heterocycles. The van der Waals surface area contributed by atoms with Crippen molar-refractivity contribution in [1.82, 2.24) is 4.90 Å². The number of nitrogens with zero attached hydrogens (tertiary/aromatic N) is 3. The van der Waals surface area contributed by atoms with Gasteiger partial charge in [0.05, 0.1) is 31.3 Å². The summed E-state index contributed by atoms with van der Waals surface area (Å²) >= 11 is 0. The van der Waals surface area contributed by atoms with Gasteiger partial charge >= 0.3 is 6.09 Å². The van der Waals surface area contributed by atoms with E-state index in [9.17, 15) is 30.7 Å². The average Bonchev–Trinajstić information content (AvgIpc) is 3.66. The van der Waals surface area contributed by atoms with Crippen LogP contribution >= 0.6 is 0 Å². The Morgan fingerprint density at radius 2 is 1.45 bits per heavy atom. The van der Waals surface area contributed by atoms with E-state index in [1.807, 2.05) is 45.0 Å². The van der Waals surface area contributed by atoms with E-state index in [0.717, 1.165) is 50.8 Å². The largest absolute Gasteiger partial charge is 0.748 e. The first kappa shape index (κ1) is 43.1.